The van der Waals surface area contributed by atoms with Crippen molar-refractivity contribution < 1.29 is 49.0 Å². The fraction of sp³-hybridized carbons (Fsp3) is 0.336. The monoisotopic (exact) mass is 1850 g/mol. The molecule has 14 rings (SSSR count). The van der Waals surface area contributed by atoms with Gasteiger partial charge in [0.05, 0.1) is 42.2 Å². The van der Waals surface area contributed by atoms with Gasteiger partial charge in [-0.15, -0.1) is 0 Å². The predicted octanol–water partition coefficient (Wildman–Crippen LogP) is 27.6. The molecule has 14 aromatic rings. The Morgan fingerprint density at radius 3 is 0.985 bits per heavy atom. The van der Waals surface area contributed by atoms with Crippen LogP contribution in [0.25, 0.3) is 102 Å². The quantitative estimate of drug-likeness (QED) is 0.0165. The molecule has 3 heterocycles. The van der Waals surface area contributed by atoms with Gasteiger partial charge in [-0.25, -0.2) is 44.9 Å². The normalized spacial score (nSPS) is 11.1. The number of aliphatic hydroxyl groups is 1. The minimum Gasteiger partial charge on any atom is -0.507 e. The number of ether oxygens (including phenoxy) is 4. The molecule has 0 spiro atoms. The molecule has 3 aromatic heterocycles. The summed E-state index contributed by atoms with van der Waals surface area (Å²) in [4.78, 5) is 67.5. The Kier molecular flexibility index (Phi) is 41.8. The number of nitrogens with zero attached hydrogens (tertiary/aromatic N) is 9. The zero-order valence-electron chi connectivity index (χ0n) is 80.9. The molecule has 0 aliphatic heterocycles. The summed E-state index contributed by atoms with van der Waals surface area (Å²) < 4.78 is 22.9. The van der Waals surface area contributed by atoms with Crippen molar-refractivity contribution in [2.45, 2.75) is 224 Å². The molecule has 137 heavy (non-hydrogen) atoms. The molecule has 720 valence electrons. The number of hydrogen-bond acceptors (Lipinski definition) is 19. The number of benzene rings is 11. The van der Waals surface area contributed by atoms with E-state index in [1.165, 1.54) is 66.8 Å². The van der Waals surface area contributed by atoms with Crippen LogP contribution in [0.1, 0.15) is 199 Å². The highest BCUT2D eigenvalue weighted by molar-refractivity contribution is 6.44. The Hall–Kier alpha value is -13.9. The molecular formula is C116H141N11O10. The number of aromatic hydroxyl groups is 3. The molecule has 0 fully saturated rings. The van der Waals surface area contributed by atoms with Gasteiger partial charge in [0.1, 0.15) is 47.2 Å². The summed E-state index contributed by atoms with van der Waals surface area (Å²) in [6.45, 7) is 39.1. The summed E-state index contributed by atoms with van der Waals surface area (Å²) in [6.07, 6.45) is 11.8. The first-order valence-electron chi connectivity index (χ1n) is 46.6. The average molecular weight is 1850 g/mol. The minimum absolute atomic E-state index is 0. The van der Waals surface area contributed by atoms with Gasteiger partial charge in [0.25, 0.3) is 0 Å². The first-order valence-corrected chi connectivity index (χ1v) is 46.6. The molecular weight excluding hydrogens is 1710 g/mol. The predicted molar refractivity (Wildman–Crippen MR) is 560 cm³/mol. The van der Waals surface area contributed by atoms with Gasteiger partial charge in [0.2, 0.25) is 0 Å². The highest BCUT2D eigenvalue weighted by Gasteiger charge is 2.24. The second-order valence-corrected chi connectivity index (χ2v) is 34.6. The van der Waals surface area contributed by atoms with Gasteiger partial charge in [-0.1, -0.05) is 280 Å². The van der Waals surface area contributed by atoms with E-state index in [0.717, 1.165) is 121 Å². The fourth-order valence-corrected chi connectivity index (χ4v) is 15.8. The number of nitrogens with one attached hydrogen (secondary N) is 2. The molecule has 0 saturated carbocycles. The third kappa shape index (κ3) is 30.6. The van der Waals surface area contributed by atoms with E-state index in [-0.39, 0.29) is 52.7 Å². The second kappa shape index (κ2) is 52.8. The largest absolute Gasteiger partial charge is 0.507 e. The number of aliphatic hydroxyl groups excluding tert-OH is 1. The summed E-state index contributed by atoms with van der Waals surface area (Å²) in [5, 5.41) is 48.2. The van der Waals surface area contributed by atoms with Crippen molar-refractivity contribution in [2.75, 3.05) is 43.7 Å². The number of unbranched alkanes of at least 4 members (excludes halogenated alkanes) is 6. The number of anilines is 2. The maximum absolute atomic E-state index is 12.1. The lowest BCUT2D eigenvalue weighted by atomic mass is 10.0. The number of aromatic nitrogens is 9. The summed E-state index contributed by atoms with van der Waals surface area (Å²) >= 11 is 0. The fourth-order valence-electron chi connectivity index (χ4n) is 15.8. The SMILES string of the molecule is C.C.C.CCCCC(CC)COCC(O)COc1ccc(-c2nc(-c3ccc(C)cc3C)nc(-c3ccc(C)cc3C)n2)c(O)c1.CCCCCCCCOc1ccc(-c2nc(-c3ccc(C)cc3C)nc(-c3ccc(C)cc3C)n2)c(O)c1.CCOc1ccccc1NC(=O)C(=O)Nc1ccccc1CC.Cc1ccc(-c2nc(-c3ccc(C)cc3C)nc(-c3ccc(C)cc3O)n2)c(C)c1. The molecule has 0 aliphatic rings. The third-order valence-corrected chi connectivity index (χ3v) is 23.2. The van der Waals surface area contributed by atoms with Crippen molar-refractivity contribution in [2.24, 2.45) is 5.92 Å². The van der Waals surface area contributed by atoms with Crippen LogP contribution in [0.3, 0.4) is 0 Å². The van der Waals surface area contributed by atoms with Crippen LogP contribution in [0.2, 0.25) is 0 Å². The first kappa shape index (κ1) is 108. The van der Waals surface area contributed by atoms with Crippen molar-refractivity contribution in [1.29, 1.82) is 0 Å². The number of carbonyl (C=O) groups is 2. The standard InChI is InChI=1S/C36H45N3O4.C33H39N3O2.C26H25N3O.C18H20N2O3.3CH4/c1-7-9-10-27(8-2)20-42-21-28(40)22-43-29-13-16-32(33(41)19-29)36-38-34(30-14-11-23(3)17-25(30)5)37-35(39-36)31-15-12-24(4)18-26(31)6;1-6-7-8-9-10-11-18-38-26-14-17-29(30(37)21-26)33-35-31(27-15-12-22(2)19-24(27)4)34-32(36-33)28-16-13-23(3)20-25(28)5;1-15-6-9-20(18(4)12-15)24-27-25(21-10-7-16(2)13-19(21)5)29-26(28-24)22-11-8-17(3)14-23(22)30;1-3-13-9-5-6-10-14(13)19-17(21)18(22)20-15-11-7-8-12-16(15)23-4-2;;;/h11-19,27-28,40-41H,7-10,20-22H2,1-6H3;12-17,19-21,37H,6-11,18H2,1-5H3;6-14,30H,1-5H3;5-12H,3-4H2,1-2H3,(H,19,21)(H,20,22);3*1H4. The van der Waals surface area contributed by atoms with Gasteiger partial charge in [-0.05, 0) is 221 Å². The first-order chi connectivity index (χ1) is 64.5. The number of phenols is 3. The van der Waals surface area contributed by atoms with Crippen LogP contribution in [-0.4, -0.2) is 116 Å². The molecule has 0 saturated heterocycles. The van der Waals surface area contributed by atoms with Gasteiger partial charge in [0, 0.05) is 57.8 Å². The molecule has 0 bridgehead atoms. The lowest BCUT2D eigenvalue weighted by Gasteiger charge is -2.17. The lowest BCUT2D eigenvalue weighted by molar-refractivity contribution is -0.133. The summed E-state index contributed by atoms with van der Waals surface area (Å²) in [5.41, 5.74) is 23.9. The second-order valence-electron chi connectivity index (χ2n) is 34.6. The van der Waals surface area contributed by atoms with Gasteiger partial charge in [0.15, 0.2) is 52.4 Å². The van der Waals surface area contributed by atoms with E-state index in [0.29, 0.717) is 123 Å². The molecule has 2 unspecified atom stereocenters. The van der Waals surface area contributed by atoms with Crippen molar-refractivity contribution in [3.63, 3.8) is 0 Å². The smallest absolute Gasteiger partial charge is 0.314 e. The van der Waals surface area contributed by atoms with E-state index < -0.39 is 17.9 Å². The summed E-state index contributed by atoms with van der Waals surface area (Å²) in [7, 11) is 0. The van der Waals surface area contributed by atoms with Crippen molar-refractivity contribution in [3.05, 3.63) is 290 Å². The van der Waals surface area contributed by atoms with Crippen LogP contribution in [0, 0.1) is 95.9 Å². The number of hydrogen-bond donors (Lipinski definition) is 6. The van der Waals surface area contributed by atoms with Crippen LogP contribution in [0.15, 0.2) is 212 Å². The maximum Gasteiger partial charge on any atom is 0.314 e. The molecule has 0 aliphatic carbocycles. The summed E-state index contributed by atoms with van der Waals surface area (Å²) in [6, 6.07) is 67.6. The molecule has 21 nitrogen and oxygen atoms in total. The van der Waals surface area contributed by atoms with E-state index in [9.17, 15) is 30.0 Å². The number of amides is 2. The van der Waals surface area contributed by atoms with Crippen LogP contribution >= 0.6 is 0 Å². The number of phenolic OH excluding ortho intramolecular Hbond substituents is 3. The summed E-state index contributed by atoms with van der Waals surface area (Å²) in [5.74, 6) is 5.66. The van der Waals surface area contributed by atoms with Crippen LogP contribution < -0.4 is 24.8 Å². The number of carbonyl (C=O) groups excluding carboxylic acids is 2. The van der Waals surface area contributed by atoms with Crippen LogP contribution in [0.4, 0.5) is 11.4 Å². The molecule has 2 atom stereocenters. The lowest BCUT2D eigenvalue weighted by Crippen LogP contribution is -2.29. The maximum atomic E-state index is 12.1. The van der Waals surface area contributed by atoms with Crippen LogP contribution in [-0.2, 0) is 20.7 Å². The van der Waals surface area contributed by atoms with Gasteiger partial charge in [-0.2, -0.15) is 0 Å². The number of para-hydroxylation sites is 3. The Bertz CT molecular complexity index is 6070. The zero-order chi connectivity index (χ0) is 96.1. The number of rotatable bonds is 33. The molecule has 0 radical (unpaired) electrons. The van der Waals surface area contributed by atoms with Gasteiger partial charge in [-0.3, -0.25) is 9.59 Å². The zero-order valence-corrected chi connectivity index (χ0v) is 80.9. The molecule has 2 amide bonds. The highest BCUT2D eigenvalue weighted by Crippen LogP contribution is 2.39. The van der Waals surface area contributed by atoms with Gasteiger partial charge >= 0.3 is 11.8 Å². The van der Waals surface area contributed by atoms with E-state index in [2.05, 4.69) is 173 Å². The average Bonchev–Trinajstić information content (AvgIpc) is 0.789. The molecule has 11 aromatic carbocycles. The molecule has 6 N–H and O–H groups in total. The van der Waals surface area contributed by atoms with E-state index in [1.807, 2.05) is 113 Å². The third-order valence-electron chi connectivity index (χ3n) is 23.2. The molecule has 21 heteroatoms. The Balaban J connectivity index is 0.000000228. The van der Waals surface area contributed by atoms with Crippen molar-refractivity contribution in [3.8, 4) is 137 Å². The van der Waals surface area contributed by atoms with Crippen LogP contribution in [0.5, 0.6) is 34.5 Å². The minimum atomic E-state index is -0.769. The van der Waals surface area contributed by atoms with E-state index in [4.69, 9.17) is 63.8 Å². The van der Waals surface area contributed by atoms with Gasteiger partial charge < -0.3 is 50.0 Å². The topological polar surface area (TPSA) is 292 Å². The van der Waals surface area contributed by atoms with E-state index >= 15 is 0 Å². The Labute approximate surface area is 812 Å². The Morgan fingerprint density at radius 2 is 0.635 bits per heavy atom. The Morgan fingerprint density at radius 1 is 0.321 bits per heavy atom. The van der Waals surface area contributed by atoms with Crippen molar-refractivity contribution in [1.82, 2.24) is 44.9 Å². The van der Waals surface area contributed by atoms with Crippen molar-refractivity contribution >= 4 is 23.2 Å². The number of aryl methyl sites for hydroxylation is 14. The highest BCUT2D eigenvalue weighted by atomic mass is 16.5. The van der Waals surface area contributed by atoms with E-state index in [1.54, 1.807) is 54.6 Å².